The number of sulfonamides is 2. The van der Waals surface area contributed by atoms with Crippen LogP contribution in [0.1, 0.15) is 51.4 Å². The lowest BCUT2D eigenvalue weighted by atomic mass is 10.1. The van der Waals surface area contributed by atoms with Gasteiger partial charge in [-0.15, -0.1) is 0 Å². The van der Waals surface area contributed by atoms with Gasteiger partial charge in [0.15, 0.2) is 0 Å². The smallest absolute Gasteiger partial charge is 0.205 e. The molecule has 13 heteroatoms. The molecule has 174 valence electrons. The van der Waals surface area contributed by atoms with Crippen molar-refractivity contribution in [2.75, 3.05) is 9.46 Å². The van der Waals surface area contributed by atoms with Crippen LogP contribution in [0.15, 0.2) is 30.3 Å². The predicted molar refractivity (Wildman–Crippen MR) is 101 cm³/mol. The van der Waals surface area contributed by atoms with E-state index in [4.69, 9.17) is 0 Å². The van der Waals surface area contributed by atoms with E-state index in [0.717, 1.165) is 12.1 Å². The molecule has 0 spiro atoms. The zero-order valence-corrected chi connectivity index (χ0v) is 17.5. The van der Waals surface area contributed by atoms with Gasteiger partial charge >= 0.3 is 21.7 Å². The maximum atomic E-state index is 13.0. The number of nitrogens with zero attached hydrogens (tertiary/aromatic N) is 1. The number of unbranched alkanes of at least 4 members (excludes halogenated alkanes) is 6. The number of benzene rings is 1. The highest BCUT2D eigenvalue weighted by Gasteiger charge is 2.54. The van der Waals surface area contributed by atoms with Crippen LogP contribution in [0.2, 0.25) is 0 Å². The zero-order chi connectivity index (χ0) is 23.1. The molecule has 0 bridgehead atoms. The van der Waals surface area contributed by atoms with Gasteiger partial charge in [0.2, 0.25) is 10.0 Å². The number of alkyl halides is 6. The first-order valence-electron chi connectivity index (χ1n) is 9.15. The predicted octanol–water partition coefficient (Wildman–Crippen LogP) is 5.36. The Kier molecular flexibility index (Phi) is 9.46. The molecule has 1 aromatic carbocycles. The number of halogens is 6. The largest absolute Gasteiger partial charge is 0.517 e. The SMILES string of the molecule is O=S(=O)(CCCCCCCCCC(F)(F)F)N(c1ccccc1)S(=O)(=O)C(F)(F)F. The number of hydrogen-bond donors (Lipinski definition) is 0. The first kappa shape index (κ1) is 26.5. The van der Waals surface area contributed by atoms with Gasteiger partial charge in [-0.3, -0.25) is 0 Å². The van der Waals surface area contributed by atoms with Gasteiger partial charge in [-0.2, -0.15) is 38.5 Å². The molecule has 0 saturated carbocycles. The van der Waals surface area contributed by atoms with Gasteiger partial charge in [0.1, 0.15) is 0 Å². The van der Waals surface area contributed by atoms with Crippen LogP contribution < -0.4 is 3.71 Å². The molecule has 0 aliphatic carbocycles. The van der Waals surface area contributed by atoms with Crippen molar-refractivity contribution >= 4 is 25.7 Å². The molecule has 0 heterocycles. The van der Waals surface area contributed by atoms with Crippen LogP contribution in [0.25, 0.3) is 0 Å². The van der Waals surface area contributed by atoms with E-state index in [2.05, 4.69) is 0 Å². The highest BCUT2D eigenvalue weighted by molar-refractivity contribution is 8.10. The lowest BCUT2D eigenvalue weighted by Crippen LogP contribution is -2.45. The summed E-state index contributed by atoms with van der Waals surface area (Å²) < 4.78 is 123. The zero-order valence-electron chi connectivity index (χ0n) is 15.9. The topological polar surface area (TPSA) is 71.5 Å². The lowest BCUT2D eigenvalue weighted by Gasteiger charge is -2.24. The quantitative estimate of drug-likeness (QED) is 0.297. The van der Waals surface area contributed by atoms with Crippen LogP contribution in [0.3, 0.4) is 0 Å². The summed E-state index contributed by atoms with van der Waals surface area (Å²) in [6, 6.07) is 5.71. The molecule has 1 aromatic rings. The van der Waals surface area contributed by atoms with Gasteiger partial charge in [-0.05, 0) is 25.0 Å². The Bertz CT molecular complexity index is 852. The fourth-order valence-electron chi connectivity index (χ4n) is 2.67. The highest BCUT2D eigenvalue weighted by Crippen LogP contribution is 2.33. The molecule has 0 radical (unpaired) electrons. The molecule has 1 rings (SSSR count). The third-order valence-corrected chi connectivity index (χ3v) is 8.12. The van der Waals surface area contributed by atoms with E-state index in [-0.39, 0.29) is 19.3 Å². The summed E-state index contributed by atoms with van der Waals surface area (Å²) in [6.45, 7) is 0. The third kappa shape index (κ3) is 8.32. The van der Waals surface area contributed by atoms with Gasteiger partial charge in [-0.1, -0.05) is 50.3 Å². The van der Waals surface area contributed by atoms with Crippen LogP contribution in [0.4, 0.5) is 32.0 Å². The maximum absolute atomic E-state index is 13.0. The van der Waals surface area contributed by atoms with Crippen LogP contribution >= 0.6 is 0 Å². The van der Waals surface area contributed by atoms with E-state index in [0.29, 0.717) is 25.7 Å². The van der Waals surface area contributed by atoms with Crippen LogP contribution in [0, 0.1) is 0 Å². The van der Waals surface area contributed by atoms with Gasteiger partial charge in [0.05, 0.1) is 11.4 Å². The van der Waals surface area contributed by atoms with E-state index < -0.39 is 53.3 Å². The van der Waals surface area contributed by atoms with Crippen LogP contribution in [-0.4, -0.2) is 34.3 Å². The standard InChI is InChI=1S/C17H23F6NO4S2/c18-16(19,20)13-9-4-2-1-3-5-10-14-29(25,26)24(15-11-7-6-8-12-15)30(27,28)17(21,22)23/h6-8,11-12H,1-5,9-10,13-14H2. The second kappa shape index (κ2) is 10.7. The fraction of sp³-hybridized carbons (Fsp3) is 0.647. The second-order valence-electron chi connectivity index (χ2n) is 6.64. The summed E-state index contributed by atoms with van der Waals surface area (Å²) in [5.74, 6) is -0.814. The van der Waals surface area contributed by atoms with Crippen molar-refractivity contribution in [3.8, 4) is 0 Å². The number of anilines is 1. The van der Waals surface area contributed by atoms with E-state index >= 15 is 0 Å². The number of hydrogen-bond acceptors (Lipinski definition) is 4. The van der Waals surface area contributed by atoms with Gasteiger partial charge in [0.25, 0.3) is 0 Å². The molecule has 5 nitrogen and oxygen atoms in total. The minimum Gasteiger partial charge on any atom is -0.205 e. The van der Waals surface area contributed by atoms with Gasteiger partial charge in [-0.25, -0.2) is 8.42 Å². The van der Waals surface area contributed by atoms with Crippen molar-refractivity contribution in [1.82, 2.24) is 0 Å². The molecular formula is C17H23F6NO4S2. The van der Waals surface area contributed by atoms with E-state index in [1.54, 1.807) is 0 Å². The number of para-hydroxylation sites is 1. The molecule has 0 aliphatic heterocycles. The summed E-state index contributed by atoms with van der Waals surface area (Å²) in [5, 5.41) is 0. The van der Waals surface area contributed by atoms with Crippen LogP contribution in [-0.2, 0) is 20.0 Å². The van der Waals surface area contributed by atoms with Gasteiger partial charge in [0, 0.05) is 6.42 Å². The Balaban J connectivity index is 2.64. The molecule has 0 N–H and O–H groups in total. The molecular weight excluding hydrogens is 460 g/mol. The Morgan fingerprint density at radius 2 is 1.17 bits per heavy atom. The van der Waals surface area contributed by atoms with Crippen molar-refractivity contribution in [3.63, 3.8) is 0 Å². The minimum absolute atomic E-state index is 0.000777. The monoisotopic (exact) mass is 483 g/mol. The maximum Gasteiger partial charge on any atom is 0.517 e. The average Bonchev–Trinajstić information content (AvgIpc) is 2.59. The lowest BCUT2D eigenvalue weighted by molar-refractivity contribution is -0.135. The first-order chi connectivity index (χ1) is 13.7. The molecule has 0 amide bonds. The van der Waals surface area contributed by atoms with Crippen molar-refractivity contribution in [3.05, 3.63) is 30.3 Å². The molecule has 0 saturated heterocycles. The van der Waals surface area contributed by atoms with Crippen molar-refractivity contribution in [2.45, 2.75) is 63.1 Å². The summed E-state index contributed by atoms with van der Waals surface area (Å²) >= 11 is 0. The summed E-state index contributed by atoms with van der Waals surface area (Å²) in [7, 11) is -11.0. The van der Waals surface area contributed by atoms with Crippen molar-refractivity contribution in [2.24, 2.45) is 0 Å². The molecule has 30 heavy (non-hydrogen) atoms. The summed E-state index contributed by atoms with van der Waals surface area (Å²) in [4.78, 5) is 0. The Morgan fingerprint density at radius 3 is 1.63 bits per heavy atom. The molecule has 0 aliphatic rings. The normalized spacial score (nSPS) is 13.4. The van der Waals surface area contributed by atoms with Crippen LogP contribution in [0.5, 0.6) is 0 Å². The van der Waals surface area contributed by atoms with Crippen molar-refractivity contribution in [1.29, 1.82) is 0 Å². The summed E-state index contributed by atoms with van der Waals surface area (Å²) in [5.41, 5.74) is -6.44. The number of rotatable bonds is 12. The minimum atomic E-state index is -6.17. The highest BCUT2D eigenvalue weighted by atomic mass is 32.3. The molecule has 0 atom stereocenters. The summed E-state index contributed by atoms with van der Waals surface area (Å²) in [6.07, 6.45) is -2.97. The second-order valence-corrected chi connectivity index (χ2v) is 10.6. The average molecular weight is 483 g/mol. The van der Waals surface area contributed by atoms with E-state index in [1.165, 1.54) is 18.2 Å². The van der Waals surface area contributed by atoms with Gasteiger partial charge < -0.3 is 0 Å². The Hall–Kier alpha value is -1.50. The fourth-order valence-corrected chi connectivity index (χ4v) is 6.11. The Morgan fingerprint density at radius 1 is 0.700 bits per heavy atom. The Labute approximate surface area is 172 Å². The third-order valence-electron chi connectivity index (χ3n) is 4.09. The molecule has 0 aromatic heterocycles. The van der Waals surface area contributed by atoms with E-state index in [9.17, 15) is 43.2 Å². The van der Waals surface area contributed by atoms with E-state index in [1.807, 2.05) is 0 Å². The molecule has 0 unspecified atom stereocenters. The van der Waals surface area contributed by atoms with Crippen molar-refractivity contribution < 1.29 is 43.2 Å². The molecule has 0 fully saturated rings. The first-order valence-corrected chi connectivity index (χ1v) is 12.2.